The Morgan fingerprint density at radius 3 is 2.31 bits per heavy atom. The van der Waals surface area contributed by atoms with Crippen LogP contribution in [0.5, 0.6) is 0 Å². The lowest BCUT2D eigenvalue weighted by atomic mass is 9.80. The van der Waals surface area contributed by atoms with Gasteiger partial charge in [-0.3, -0.25) is 0 Å². The molecular weight excluding hydrogens is 456 g/mol. The number of thiophene rings is 2. The van der Waals surface area contributed by atoms with E-state index in [1.807, 2.05) is 78.2 Å². The second-order valence-corrected chi connectivity index (χ2v) is 9.97. The lowest BCUT2D eigenvalue weighted by Crippen LogP contribution is -2.28. The van der Waals surface area contributed by atoms with Crippen molar-refractivity contribution in [1.29, 1.82) is 0 Å². The molecule has 0 radical (unpaired) electrons. The summed E-state index contributed by atoms with van der Waals surface area (Å²) in [6, 6.07) is 27.5. The summed E-state index contributed by atoms with van der Waals surface area (Å²) >= 11 is 9.48. The minimum Gasteiger partial charge on any atom is -0.456 e. The molecular formula is C27H17ClO2S2. The molecule has 0 amide bonds. The summed E-state index contributed by atoms with van der Waals surface area (Å²) in [4.78, 5) is 2.19. The molecule has 0 aliphatic carbocycles. The number of halogens is 1. The lowest BCUT2D eigenvalue weighted by molar-refractivity contribution is 0.127. The van der Waals surface area contributed by atoms with Gasteiger partial charge in [0.25, 0.3) is 0 Å². The number of hydrogen-bond acceptors (Lipinski definition) is 4. The average molecular weight is 473 g/mol. The summed E-state index contributed by atoms with van der Waals surface area (Å²) in [5, 5.41) is 19.3. The van der Waals surface area contributed by atoms with Crippen LogP contribution in [-0.2, 0) is 5.60 Å². The quantitative estimate of drug-likeness (QED) is 0.280. The first kappa shape index (κ1) is 19.8. The molecule has 6 aromatic rings. The van der Waals surface area contributed by atoms with Gasteiger partial charge < -0.3 is 9.52 Å². The minimum absolute atomic E-state index is 0.632. The van der Waals surface area contributed by atoms with Gasteiger partial charge >= 0.3 is 0 Å². The van der Waals surface area contributed by atoms with Crippen LogP contribution in [0.4, 0.5) is 0 Å². The van der Waals surface area contributed by atoms with Crippen molar-refractivity contribution >= 4 is 56.2 Å². The summed E-state index contributed by atoms with van der Waals surface area (Å²) in [6.45, 7) is 0. The van der Waals surface area contributed by atoms with Crippen LogP contribution in [0.2, 0.25) is 5.02 Å². The lowest BCUT2D eigenvalue weighted by Gasteiger charge is -2.30. The molecule has 6 rings (SSSR count). The van der Waals surface area contributed by atoms with Gasteiger partial charge in [0, 0.05) is 26.2 Å². The molecule has 32 heavy (non-hydrogen) atoms. The fraction of sp³-hybridized carbons (Fsp3) is 0.0370. The van der Waals surface area contributed by atoms with Crippen LogP contribution in [-0.4, -0.2) is 5.11 Å². The number of furan rings is 1. The Labute approximate surface area is 198 Å². The van der Waals surface area contributed by atoms with Gasteiger partial charge in [-0.2, -0.15) is 0 Å². The van der Waals surface area contributed by atoms with Crippen LogP contribution in [0.3, 0.4) is 0 Å². The molecule has 0 bridgehead atoms. The average Bonchev–Trinajstić information content (AvgIpc) is 3.57. The summed E-state index contributed by atoms with van der Waals surface area (Å²) in [5.74, 6) is 0. The first-order valence-corrected chi connectivity index (χ1v) is 12.3. The largest absolute Gasteiger partial charge is 0.456 e. The normalized spacial score (nSPS) is 13.6. The van der Waals surface area contributed by atoms with Gasteiger partial charge in [-0.05, 0) is 58.3 Å². The third-order valence-corrected chi connectivity index (χ3v) is 8.07. The Kier molecular flexibility index (Phi) is 4.70. The topological polar surface area (TPSA) is 33.4 Å². The van der Waals surface area contributed by atoms with Crippen molar-refractivity contribution in [3.8, 4) is 9.75 Å². The second-order valence-electron chi connectivity index (χ2n) is 7.67. The first-order valence-electron chi connectivity index (χ1n) is 10.2. The van der Waals surface area contributed by atoms with Crippen LogP contribution in [0.1, 0.15) is 16.7 Å². The van der Waals surface area contributed by atoms with E-state index in [1.54, 1.807) is 22.7 Å². The van der Waals surface area contributed by atoms with Gasteiger partial charge in [-0.1, -0.05) is 60.1 Å². The molecule has 2 nitrogen and oxygen atoms in total. The van der Waals surface area contributed by atoms with Crippen LogP contribution in [0.15, 0.2) is 100 Å². The standard InChI is InChI=1S/C27H17ClO2S2/c28-19-10-7-17(8-11-19)27(29,22-13-15-32-26(22)25-6-3-14-31-25)18-9-12-21-20-4-1-2-5-23(20)30-24(21)16-18/h1-16,29H. The Hall–Kier alpha value is -2.89. The van der Waals surface area contributed by atoms with Crippen molar-refractivity contribution in [2.45, 2.75) is 5.60 Å². The van der Waals surface area contributed by atoms with E-state index < -0.39 is 5.60 Å². The minimum atomic E-state index is -1.36. The molecule has 0 aliphatic heterocycles. The second kappa shape index (κ2) is 7.61. The van der Waals surface area contributed by atoms with Crippen molar-refractivity contribution in [1.82, 2.24) is 0 Å². The van der Waals surface area contributed by atoms with E-state index >= 15 is 0 Å². The predicted octanol–water partition coefficient (Wildman–Crippen LogP) is 8.31. The van der Waals surface area contributed by atoms with Crippen molar-refractivity contribution in [3.63, 3.8) is 0 Å². The highest BCUT2D eigenvalue weighted by Crippen LogP contribution is 2.46. The van der Waals surface area contributed by atoms with E-state index in [9.17, 15) is 5.11 Å². The number of rotatable bonds is 4. The van der Waals surface area contributed by atoms with E-state index in [2.05, 4.69) is 17.5 Å². The predicted molar refractivity (Wildman–Crippen MR) is 135 cm³/mol. The summed E-state index contributed by atoms with van der Waals surface area (Å²) in [5.41, 5.74) is 2.59. The molecule has 0 aliphatic rings. The fourth-order valence-corrected chi connectivity index (χ4v) is 6.27. The van der Waals surface area contributed by atoms with Gasteiger partial charge in [0.05, 0.1) is 4.88 Å². The third-order valence-electron chi connectivity index (χ3n) is 5.86. The molecule has 0 saturated carbocycles. The van der Waals surface area contributed by atoms with Crippen LogP contribution in [0.25, 0.3) is 31.7 Å². The Balaban J connectivity index is 1.62. The maximum Gasteiger partial charge on any atom is 0.142 e. The van der Waals surface area contributed by atoms with Gasteiger partial charge in [0.1, 0.15) is 16.8 Å². The zero-order valence-electron chi connectivity index (χ0n) is 16.8. The molecule has 3 heterocycles. The SMILES string of the molecule is OC(c1ccc(Cl)cc1)(c1ccc2c(c1)oc1ccccc12)c1ccsc1-c1cccs1. The Morgan fingerprint density at radius 1 is 0.719 bits per heavy atom. The molecule has 156 valence electrons. The molecule has 1 atom stereocenters. The van der Waals surface area contributed by atoms with E-state index in [1.165, 1.54) is 0 Å². The fourth-order valence-electron chi connectivity index (χ4n) is 4.31. The molecule has 0 saturated heterocycles. The monoisotopic (exact) mass is 472 g/mol. The number of fused-ring (bicyclic) bond motifs is 3. The van der Waals surface area contributed by atoms with Gasteiger partial charge in [0.2, 0.25) is 0 Å². The van der Waals surface area contributed by atoms with Gasteiger partial charge in [-0.25, -0.2) is 0 Å². The zero-order valence-corrected chi connectivity index (χ0v) is 19.2. The van der Waals surface area contributed by atoms with E-state index in [-0.39, 0.29) is 0 Å². The molecule has 0 spiro atoms. The summed E-state index contributed by atoms with van der Waals surface area (Å²) in [7, 11) is 0. The molecule has 0 fully saturated rings. The molecule has 1 N–H and O–H groups in total. The van der Waals surface area contributed by atoms with Crippen LogP contribution < -0.4 is 0 Å². The molecule has 5 heteroatoms. The van der Waals surface area contributed by atoms with Crippen LogP contribution >= 0.6 is 34.3 Å². The Morgan fingerprint density at radius 2 is 1.50 bits per heavy atom. The van der Waals surface area contributed by atoms with E-state index in [0.29, 0.717) is 5.02 Å². The number of benzene rings is 3. The third kappa shape index (κ3) is 3.03. The highest BCUT2D eigenvalue weighted by Gasteiger charge is 2.37. The highest BCUT2D eigenvalue weighted by atomic mass is 35.5. The van der Waals surface area contributed by atoms with E-state index in [0.717, 1.165) is 48.4 Å². The molecule has 3 aromatic heterocycles. The van der Waals surface area contributed by atoms with Crippen molar-refractivity contribution in [2.24, 2.45) is 0 Å². The number of para-hydroxylation sites is 1. The first-order chi connectivity index (χ1) is 15.6. The number of aliphatic hydroxyl groups is 1. The highest BCUT2D eigenvalue weighted by molar-refractivity contribution is 7.20. The summed E-state index contributed by atoms with van der Waals surface area (Å²) in [6.07, 6.45) is 0. The smallest absolute Gasteiger partial charge is 0.142 e. The maximum absolute atomic E-state index is 12.4. The van der Waals surface area contributed by atoms with Gasteiger partial charge in [-0.15, -0.1) is 22.7 Å². The van der Waals surface area contributed by atoms with E-state index in [4.69, 9.17) is 16.0 Å². The maximum atomic E-state index is 12.4. The number of hydrogen-bond donors (Lipinski definition) is 1. The zero-order chi connectivity index (χ0) is 21.7. The summed E-state index contributed by atoms with van der Waals surface area (Å²) < 4.78 is 6.14. The molecule has 1 unspecified atom stereocenters. The van der Waals surface area contributed by atoms with Gasteiger partial charge in [0.15, 0.2) is 0 Å². The van der Waals surface area contributed by atoms with Crippen molar-refractivity contribution < 1.29 is 9.52 Å². The van der Waals surface area contributed by atoms with Crippen molar-refractivity contribution in [2.75, 3.05) is 0 Å². The van der Waals surface area contributed by atoms with Crippen molar-refractivity contribution in [3.05, 3.63) is 117 Å². The molecule has 3 aromatic carbocycles. The Bertz CT molecular complexity index is 1540. The van der Waals surface area contributed by atoms with Crippen LogP contribution in [0, 0.1) is 0 Å².